The van der Waals surface area contributed by atoms with E-state index in [1.54, 1.807) is 0 Å². The van der Waals surface area contributed by atoms with Gasteiger partial charge in [-0.15, -0.1) is 0 Å². The van der Waals surface area contributed by atoms with Crippen LogP contribution in [0.3, 0.4) is 0 Å². The first-order chi connectivity index (χ1) is 8.33. The number of carbonyl (C=O) groups excluding carboxylic acids is 1. The molecule has 18 heavy (non-hydrogen) atoms. The van der Waals surface area contributed by atoms with Gasteiger partial charge in [-0.1, -0.05) is 13.8 Å². The maximum absolute atomic E-state index is 11.7. The molecule has 1 rings (SSSR count). The Balaban J connectivity index is 2.43. The molecule has 1 aliphatic heterocycles. The van der Waals surface area contributed by atoms with Crippen LogP contribution in [0.25, 0.3) is 0 Å². The summed E-state index contributed by atoms with van der Waals surface area (Å²) in [7, 11) is 3.26. The van der Waals surface area contributed by atoms with Gasteiger partial charge in [0.25, 0.3) is 0 Å². The van der Waals surface area contributed by atoms with Gasteiger partial charge in [0.05, 0.1) is 7.11 Å². The molecule has 0 amide bonds. The van der Waals surface area contributed by atoms with Crippen LogP contribution >= 0.6 is 0 Å². The molecule has 1 atom stereocenters. The molecular formula is C14H28N2O2. The zero-order chi connectivity index (χ0) is 13.8. The standard InChI is InChI=1S/C14H28N2O2/c1-13(2)6-9-16(10-7-13)11-8-14(3,15-4)12(17)18-5/h15H,6-11H2,1-5H3. The number of hydrogen-bond acceptors (Lipinski definition) is 4. The minimum absolute atomic E-state index is 0.178. The van der Waals surface area contributed by atoms with Crippen molar-refractivity contribution in [2.75, 3.05) is 33.8 Å². The van der Waals surface area contributed by atoms with Crippen LogP contribution in [0, 0.1) is 5.41 Å². The third kappa shape index (κ3) is 3.95. The molecule has 0 aromatic heterocycles. The molecule has 1 heterocycles. The molecule has 4 heteroatoms. The second-order valence-corrected chi connectivity index (χ2v) is 6.33. The van der Waals surface area contributed by atoms with Gasteiger partial charge in [-0.05, 0) is 51.7 Å². The van der Waals surface area contributed by atoms with Crippen molar-refractivity contribution in [1.82, 2.24) is 10.2 Å². The lowest BCUT2D eigenvalue weighted by Crippen LogP contribution is -2.51. The smallest absolute Gasteiger partial charge is 0.325 e. The molecular weight excluding hydrogens is 228 g/mol. The van der Waals surface area contributed by atoms with Crippen molar-refractivity contribution in [3.8, 4) is 0 Å². The van der Waals surface area contributed by atoms with Gasteiger partial charge in [0.2, 0.25) is 0 Å². The second kappa shape index (κ2) is 6.02. The summed E-state index contributed by atoms with van der Waals surface area (Å²) in [6, 6.07) is 0. The highest BCUT2D eigenvalue weighted by atomic mass is 16.5. The molecule has 0 aromatic rings. The molecule has 1 N–H and O–H groups in total. The Hall–Kier alpha value is -0.610. The number of rotatable bonds is 5. The molecule has 1 saturated heterocycles. The predicted molar refractivity (Wildman–Crippen MR) is 73.6 cm³/mol. The van der Waals surface area contributed by atoms with E-state index < -0.39 is 5.54 Å². The average molecular weight is 256 g/mol. The summed E-state index contributed by atoms with van der Waals surface area (Å²) in [6.45, 7) is 9.78. The van der Waals surface area contributed by atoms with E-state index in [9.17, 15) is 4.79 Å². The fourth-order valence-corrected chi connectivity index (χ4v) is 2.32. The second-order valence-electron chi connectivity index (χ2n) is 6.33. The highest BCUT2D eigenvalue weighted by Gasteiger charge is 2.33. The first-order valence-corrected chi connectivity index (χ1v) is 6.83. The van der Waals surface area contributed by atoms with Crippen molar-refractivity contribution in [2.45, 2.75) is 45.6 Å². The fourth-order valence-electron chi connectivity index (χ4n) is 2.32. The fraction of sp³-hybridized carbons (Fsp3) is 0.929. The zero-order valence-electron chi connectivity index (χ0n) is 12.5. The number of nitrogens with zero attached hydrogens (tertiary/aromatic N) is 1. The van der Waals surface area contributed by atoms with Gasteiger partial charge in [0.1, 0.15) is 5.54 Å². The van der Waals surface area contributed by atoms with Gasteiger partial charge < -0.3 is 15.0 Å². The number of likely N-dealkylation sites (tertiary alicyclic amines) is 1. The minimum atomic E-state index is -0.568. The molecule has 4 nitrogen and oxygen atoms in total. The van der Waals surface area contributed by atoms with Crippen LogP contribution in [0.15, 0.2) is 0 Å². The Morgan fingerprint density at radius 2 is 1.94 bits per heavy atom. The van der Waals surface area contributed by atoms with Crippen molar-refractivity contribution in [1.29, 1.82) is 0 Å². The normalized spacial score (nSPS) is 23.4. The van der Waals surface area contributed by atoms with Crippen molar-refractivity contribution in [3.05, 3.63) is 0 Å². The number of carbonyl (C=O) groups is 1. The van der Waals surface area contributed by atoms with Gasteiger partial charge in [0, 0.05) is 6.54 Å². The Morgan fingerprint density at radius 1 is 1.39 bits per heavy atom. The minimum Gasteiger partial charge on any atom is -0.468 e. The van der Waals surface area contributed by atoms with Crippen LogP contribution in [0.1, 0.15) is 40.0 Å². The number of nitrogens with one attached hydrogen (secondary N) is 1. The lowest BCUT2D eigenvalue weighted by atomic mass is 9.82. The molecule has 0 aromatic carbocycles. The van der Waals surface area contributed by atoms with E-state index in [0.717, 1.165) is 26.1 Å². The lowest BCUT2D eigenvalue weighted by Gasteiger charge is -2.38. The van der Waals surface area contributed by atoms with Crippen LogP contribution in [-0.2, 0) is 9.53 Å². The number of hydrogen-bond donors (Lipinski definition) is 1. The first-order valence-electron chi connectivity index (χ1n) is 6.83. The lowest BCUT2D eigenvalue weighted by molar-refractivity contribution is -0.148. The molecule has 106 valence electrons. The highest BCUT2D eigenvalue weighted by Crippen LogP contribution is 2.30. The largest absolute Gasteiger partial charge is 0.468 e. The van der Waals surface area contributed by atoms with E-state index in [0.29, 0.717) is 5.41 Å². The molecule has 0 bridgehead atoms. The van der Waals surface area contributed by atoms with Gasteiger partial charge in [-0.3, -0.25) is 4.79 Å². The topological polar surface area (TPSA) is 41.6 Å². The average Bonchev–Trinajstić information content (AvgIpc) is 2.36. The van der Waals surface area contributed by atoms with Gasteiger partial charge >= 0.3 is 5.97 Å². The quantitative estimate of drug-likeness (QED) is 0.760. The van der Waals surface area contributed by atoms with Crippen molar-refractivity contribution in [3.63, 3.8) is 0 Å². The van der Waals surface area contributed by atoms with E-state index in [-0.39, 0.29) is 5.97 Å². The van der Waals surface area contributed by atoms with Crippen LogP contribution < -0.4 is 5.32 Å². The summed E-state index contributed by atoms with van der Waals surface area (Å²) in [4.78, 5) is 14.2. The Kier molecular flexibility index (Phi) is 5.17. The maximum atomic E-state index is 11.7. The third-order valence-electron chi connectivity index (χ3n) is 4.33. The number of methoxy groups -OCH3 is 1. The maximum Gasteiger partial charge on any atom is 0.325 e. The number of ether oxygens (including phenoxy) is 1. The number of likely N-dealkylation sites (N-methyl/N-ethyl adjacent to an activating group) is 1. The zero-order valence-corrected chi connectivity index (χ0v) is 12.5. The summed E-state index contributed by atoms with van der Waals surface area (Å²) in [6.07, 6.45) is 3.26. The number of piperidine rings is 1. The van der Waals surface area contributed by atoms with Gasteiger partial charge in [-0.2, -0.15) is 0 Å². The Labute approximate surface area is 111 Å². The molecule has 1 unspecified atom stereocenters. The summed E-state index contributed by atoms with van der Waals surface area (Å²) < 4.78 is 4.86. The van der Waals surface area contributed by atoms with Crippen LogP contribution in [0.2, 0.25) is 0 Å². The summed E-state index contributed by atoms with van der Waals surface area (Å²) >= 11 is 0. The predicted octanol–water partition coefficient (Wildman–Crippen LogP) is 1.65. The van der Waals surface area contributed by atoms with Crippen molar-refractivity contribution >= 4 is 5.97 Å². The monoisotopic (exact) mass is 256 g/mol. The van der Waals surface area contributed by atoms with E-state index in [4.69, 9.17) is 4.74 Å². The Morgan fingerprint density at radius 3 is 2.39 bits per heavy atom. The highest BCUT2D eigenvalue weighted by molar-refractivity contribution is 5.80. The first kappa shape index (κ1) is 15.4. The van der Waals surface area contributed by atoms with Crippen LogP contribution in [-0.4, -0.2) is 50.2 Å². The van der Waals surface area contributed by atoms with Crippen molar-refractivity contribution < 1.29 is 9.53 Å². The van der Waals surface area contributed by atoms with Gasteiger partial charge in [-0.25, -0.2) is 0 Å². The van der Waals surface area contributed by atoms with E-state index >= 15 is 0 Å². The Bertz CT molecular complexity index is 282. The van der Waals surface area contributed by atoms with E-state index in [1.165, 1.54) is 20.0 Å². The number of esters is 1. The van der Waals surface area contributed by atoms with E-state index in [1.807, 2.05) is 14.0 Å². The molecule has 0 saturated carbocycles. The summed E-state index contributed by atoms with van der Waals surface area (Å²) in [5.41, 5.74) is -0.0904. The summed E-state index contributed by atoms with van der Waals surface area (Å²) in [5, 5.41) is 3.08. The van der Waals surface area contributed by atoms with Crippen LogP contribution in [0.5, 0.6) is 0 Å². The summed E-state index contributed by atoms with van der Waals surface area (Å²) in [5.74, 6) is -0.178. The molecule has 1 aliphatic rings. The van der Waals surface area contributed by atoms with E-state index in [2.05, 4.69) is 24.1 Å². The molecule has 0 aliphatic carbocycles. The third-order valence-corrected chi connectivity index (χ3v) is 4.33. The van der Waals surface area contributed by atoms with Crippen LogP contribution in [0.4, 0.5) is 0 Å². The molecule has 0 radical (unpaired) electrons. The van der Waals surface area contributed by atoms with Gasteiger partial charge in [0.15, 0.2) is 0 Å². The molecule has 0 spiro atoms. The SMILES string of the molecule is CNC(C)(CCN1CCC(C)(C)CC1)C(=O)OC. The molecule has 1 fully saturated rings. The van der Waals surface area contributed by atoms with Crippen molar-refractivity contribution in [2.24, 2.45) is 5.41 Å².